The fourth-order valence-corrected chi connectivity index (χ4v) is 5.80. The normalized spacial score (nSPS) is 12.6. The molecule has 1 atom stereocenters. The van der Waals surface area contributed by atoms with E-state index in [0.29, 0.717) is 5.69 Å². The molecular formula is C24H26FN3O5S2. The van der Waals surface area contributed by atoms with Crippen LogP contribution in [0.4, 0.5) is 21.5 Å². The van der Waals surface area contributed by atoms with Crippen LogP contribution in [0.25, 0.3) is 0 Å². The van der Waals surface area contributed by atoms with Crippen LogP contribution in [0.5, 0.6) is 0 Å². The van der Waals surface area contributed by atoms with Crippen molar-refractivity contribution in [2.24, 2.45) is 0 Å². The standard InChI is InChI=1S/C24H26FN3O5S2/c1-16-13-17(2)15-22(14-16)28(34(4,30)31)18(3)24(29)26-20-9-11-23(12-10-20)35(32,33)27-21-7-5-19(25)6-8-21/h5-15,18,27H,1-4H3,(H,26,29)/t18-/m1/s1. The van der Waals surface area contributed by atoms with Gasteiger partial charge >= 0.3 is 0 Å². The Hall–Kier alpha value is -3.44. The maximum absolute atomic E-state index is 13.0. The molecule has 0 bridgehead atoms. The van der Waals surface area contributed by atoms with E-state index < -0.39 is 37.8 Å². The van der Waals surface area contributed by atoms with Crippen LogP contribution in [0.15, 0.2) is 71.6 Å². The first-order valence-electron chi connectivity index (χ1n) is 10.5. The number of hydrogen-bond acceptors (Lipinski definition) is 5. The van der Waals surface area contributed by atoms with Crippen LogP contribution < -0.4 is 14.3 Å². The van der Waals surface area contributed by atoms with E-state index in [1.807, 2.05) is 19.9 Å². The Kier molecular flexibility index (Phi) is 7.51. The van der Waals surface area contributed by atoms with Crippen LogP contribution in [0.1, 0.15) is 18.1 Å². The van der Waals surface area contributed by atoms with Gasteiger partial charge in [-0.3, -0.25) is 13.8 Å². The summed E-state index contributed by atoms with van der Waals surface area (Å²) < 4.78 is 66.6. The fraction of sp³-hybridized carbons (Fsp3) is 0.208. The molecule has 0 aromatic heterocycles. The van der Waals surface area contributed by atoms with Gasteiger partial charge in [0.15, 0.2) is 0 Å². The van der Waals surface area contributed by atoms with Gasteiger partial charge in [-0.15, -0.1) is 0 Å². The van der Waals surface area contributed by atoms with Crippen LogP contribution >= 0.6 is 0 Å². The minimum Gasteiger partial charge on any atom is -0.324 e. The third-order valence-electron chi connectivity index (χ3n) is 5.08. The van der Waals surface area contributed by atoms with Gasteiger partial charge in [0.1, 0.15) is 11.9 Å². The first-order chi connectivity index (χ1) is 16.3. The van der Waals surface area contributed by atoms with Gasteiger partial charge in [0, 0.05) is 11.4 Å². The number of hydrogen-bond donors (Lipinski definition) is 2. The number of aryl methyl sites for hydroxylation is 2. The molecule has 0 saturated heterocycles. The Morgan fingerprint density at radius 2 is 1.37 bits per heavy atom. The summed E-state index contributed by atoms with van der Waals surface area (Å²) in [6.07, 6.45) is 1.03. The third-order valence-corrected chi connectivity index (χ3v) is 7.72. The molecular weight excluding hydrogens is 493 g/mol. The Labute approximate surface area is 204 Å². The monoisotopic (exact) mass is 519 g/mol. The molecule has 0 aliphatic carbocycles. The fourth-order valence-electron chi connectivity index (χ4n) is 3.58. The molecule has 0 aliphatic rings. The summed E-state index contributed by atoms with van der Waals surface area (Å²) in [5.74, 6) is -1.08. The van der Waals surface area contributed by atoms with Gasteiger partial charge in [-0.1, -0.05) is 6.07 Å². The number of rotatable bonds is 8. The zero-order valence-electron chi connectivity index (χ0n) is 19.6. The minimum absolute atomic E-state index is 0.0686. The molecule has 3 rings (SSSR count). The van der Waals surface area contributed by atoms with Crippen molar-refractivity contribution in [3.05, 3.63) is 83.7 Å². The Balaban J connectivity index is 1.78. The van der Waals surface area contributed by atoms with Crippen molar-refractivity contribution in [1.82, 2.24) is 0 Å². The molecule has 3 aromatic rings. The van der Waals surface area contributed by atoms with Crippen molar-refractivity contribution in [3.8, 4) is 0 Å². The highest BCUT2D eigenvalue weighted by Crippen LogP contribution is 2.25. The van der Waals surface area contributed by atoms with Crippen molar-refractivity contribution in [2.75, 3.05) is 20.6 Å². The van der Waals surface area contributed by atoms with E-state index >= 15 is 0 Å². The average molecular weight is 520 g/mol. The van der Waals surface area contributed by atoms with Crippen molar-refractivity contribution < 1.29 is 26.0 Å². The second kappa shape index (κ2) is 10.0. The molecule has 35 heavy (non-hydrogen) atoms. The molecule has 186 valence electrons. The maximum atomic E-state index is 13.0. The van der Waals surface area contributed by atoms with E-state index in [-0.39, 0.29) is 16.3 Å². The number of sulfonamides is 2. The summed E-state index contributed by atoms with van der Waals surface area (Å²) in [4.78, 5) is 12.8. The van der Waals surface area contributed by atoms with Gasteiger partial charge in [0.05, 0.1) is 16.8 Å². The first kappa shape index (κ1) is 26.2. The van der Waals surface area contributed by atoms with Crippen LogP contribution in [0.2, 0.25) is 0 Å². The second-order valence-corrected chi connectivity index (χ2v) is 11.7. The van der Waals surface area contributed by atoms with Gasteiger partial charge in [0.25, 0.3) is 10.0 Å². The molecule has 0 fully saturated rings. The third kappa shape index (κ3) is 6.58. The predicted octanol–water partition coefficient (Wildman–Crippen LogP) is 4.04. The smallest absolute Gasteiger partial charge is 0.261 e. The lowest BCUT2D eigenvalue weighted by Gasteiger charge is -2.28. The van der Waals surface area contributed by atoms with E-state index in [4.69, 9.17) is 0 Å². The zero-order valence-corrected chi connectivity index (χ0v) is 21.2. The number of benzene rings is 3. The molecule has 0 aliphatic heterocycles. The maximum Gasteiger partial charge on any atom is 0.261 e. The number of carbonyl (C=O) groups is 1. The van der Waals surface area contributed by atoms with Crippen molar-refractivity contribution in [1.29, 1.82) is 0 Å². The molecule has 0 saturated carbocycles. The number of halogens is 1. The molecule has 0 unspecified atom stereocenters. The summed E-state index contributed by atoms with van der Waals surface area (Å²) in [6, 6.07) is 14.4. The highest BCUT2D eigenvalue weighted by atomic mass is 32.2. The van der Waals surface area contributed by atoms with Crippen LogP contribution in [-0.4, -0.2) is 35.0 Å². The molecule has 0 heterocycles. The minimum atomic E-state index is -3.94. The number of amides is 1. The quantitative estimate of drug-likeness (QED) is 0.467. The van der Waals surface area contributed by atoms with Crippen molar-refractivity contribution in [2.45, 2.75) is 31.7 Å². The van der Waals surface area contributed by atoms with E-state index in [9.17, 15) is 26.0 Å². The van der Waals surface area contributed by atoms with Gasteiger partial charge in [-0.2, -0.15) is 0 Å². The van der Waals surface area contributed by atoms with Gasteiger partial charge in [-0.25, -0.2) is 21.2 Å². The van der Waals surface area contributed by atoms with Crippen molar-refractivity contribution in [3.63, 3.8) is 0 Å². The Morgan fingerprint density at radius 3 is 1.89 bits per heavy atom. The molecule has 0 radical (unpaired) electrons. The van der Waals surface area contributed by atoms with Crippen molar-refractivity contribution >= 4 is 43.0 Å². The average Bonchev–Trinajstić information content (AvgIpc) is 2.74. The number of nitrogens with zero attached hydrogens (tertiary/aromatic N) is 1. The number of anilines is 3. The summed E-state index contributed by atoms with van der Waals surface area (Å²) in [5, 5.41) is 2.63. The molecule has 0 spiro atoms. The lowest BCUT2D eigenvalue weighted by atomic mass is 10.1. The van der Waals surface area contributed by atoms with Crippen LogP contribution in [0.3, 0.4) is 0 Å². The predicted molar refractivity (Wildman–Crippen MR) is 135 cm³/mol. The summed E-state index contributed by atoms with van der Waals surface area (Å²) >= 11 is 0. The van der Waals surface area contributed by atoms with E-state index in [1.165, 1.54) is 43.3 Å². The van der Waals surface area contributed by atoms with Gasteiger partial charge in [-0.05, 0) is 92.6 Å². The SMILES string of the molecule is Cc1cc(C)cc(N([C@H](C)C(=O)Nc2ccc(S(=O)(=O)Nc3ccc(F)cc3)cc2)S(C)(=O)=O)c1. The summed E-state index contributed by atoms with van der Waals surface area (Å²) in [6.45, 7) is 5.14. The topological polar surface area (TPSA) is 113 Å². The van der Waals surface area contributed by atoms with E-state index in [2.05, 4.69) is 10.0 Å². The molecule has 8 nitrogen and oxygen atoms in total. The molecule has 11 heteroatoms. The highest BCUT2D eigenvalue weighted by molar-refractivity contribution is 7.92. The Morgan fingerprint density at radius 1 is 0.857 bits per heavy atom. The van der Waals surface area contributed by atoms with Crippen LogP contribution in [0, 0.1) is 19.7 Å². The number of carbonyl (C=O) groups excluding carboxylic acids is 1. The summed E-state index contributed by atoms with van der Waals surface area (Å²) in [7, 11) is -7.72. The van der Waals surface area contributed by atoms with Crippen LogP contribution in [-0.2, 0) is 24.8 Å². The molecule has 2 N–H and O–H groups in total. The van der Waals surface area contributed by atoms with E-state index in [1.54, 1.807) is 12.1 Å². The zero-order chi connectivity index (χ0) is 26.0. The highest BCUT2D eigenvalue weighted by Gasteiger charge is 2.29. The Bertz CT molecular complexity index is 1420. The van der Waals surface area contributed by atoms with Gasteiger partial charge < -0.3 is 5.32 Å². The second-order valence-electron chi connectivity index (χ2n) is 8.21. The molecule has 3 aromatic carbocycles. The molecule has 1 amide bonds. The lowest BCUT2D eigenvalue weighted by molar-refractivity contribution is -0.116. The number of nitrogens with one attached hydrogen (secondary N) is 2. The lowest BCUT2D eigenvalue weighted by Crippen LogP contribution is -2.45. The largest absolute Gasteiger partial charge is 0.324 e. The van der Waals surface area contributed by atoms with Gasteiger partial charge in [0.2, 0.25) is 15.9 Å². The summed E-state index contributed by atoms with van der Waals surface area (Å²) in [5.41, 5.74) is 2.57. The van der Waals surface area contributed by atoms with E-state index in [0.717, 1.165) is 33.8 Å². The first-order valence-corrected chi connectivity index (χ1v) is 13.9.